The molecule has 0 saturated heterocycles. The fourth-order valence-corrected chi connectivity index (χ4v) is 1.22. The van der Waals surface area contributed by atoms with E-state index in [2.05, 4.69) is 0 Å². The maximum absolute atomic E-state index is 9.45. The number of aliphatic hydroxyl groups is 2. The summed E-state index contributed by atoms with van der Waals surface area (Å²) in [6.07, 6.45) is -2.76. The zero-order valence-electron chi connectivity index (χ0n) is 7.68. The number of phenolic OH excluding ortho intramolecular Hbond substituents is 1. The maximum atomic E-state index is 9.45. The second-order valence-electron chi connectivity index (χ2n) is 3.12. The minimum absolute atomic E-state index is 0.00388. The van der Waals surface area contributed by atoms with Gasteiger partial charge in [-0.1, -0.05) is 6.07 Å². The van der Waals surface area contributed by atoms with E-state index in [1.807, 2.05) is 0 Å². The molecule has 0 aliphatic carbocycles. The van der Waals surface area contributed by atoms with Crippen LogP contribution in [-0.4, -0.2) is 21.4 Å². The van der Waals surface area contributed by atoms with E-state index in [0.717, 1.165) is 5.56 Å². The fourth-order valence-electron chi connectivity index (χ4n) is 1.22. The van der Waals surface area contributed by atoms with Gasteiger partial charge in [-0.25, -0.2) is 0 Å². The third-order valence-corrected chi connectivity index (χ3v) is 1.86. The number of aliphatic hydroxyl groups excluding tert-OH is 2. The number of hydrogen-bond donors (Lipinski definition) is 3. The average molecular weight is 193 g/mol. The first kappa shape index (κ1) is 10.5. The van der Waals surface area contributed by atoms with Gasteiger partial charge in [-0.15, -0.1) is 0 Å². The van der Waals surface area contributed by atoms with Crippen molar-refractivity contribution in [2.75, 3.05) is 0 Å². The van der Waals surface area contributed by atoms with E-state index >= 15 is 0 Å². The minimum Gasteiger partial charge on any atom is -0.508 e. The van der Waals surface area contributed by atoms with Crippen molar-refractivity contribution in [3.63, 3.8) is 0 Å². The summed E-state index contributed by atoms with van der Waals surface area (Å²) < 4.78 is 0. The minimum atomic E-state index is -1.48. The van der Waals surface area contributed by atoms with Gasteiger partial charge in [0.15, 0.2) is 6.10 Å². The summed E-state index contributed by atoms with van der Waals surface area (Å²) in [6, 6.07) is 5.97. The summed E-state index contributed by atoms with van der Waals surface area (Å²) in [7, 11) is 0. The van der Waals surface area contributed by atoms with Gasteiger partial charge in [0.05, 0.1) is 6.07 Å². The molecule has 0 aliphatic rings. The van der Waals surface area contributed by atoms with Gasteiger partial charge in [0.25, 0.3) is 0 Å². The first-order valence-corrected chi connectivity index (χ1v) is 4.11. The second-order valence-corrected chi connectivity index (χ2v) is 3.12. The van der Waals surface area contributed by atoms with Crippen molar-refractivity contribution in [2.24, 2.45) is 0 Å². The summed E-state index contributed by atoms with van der Waals surface area (Å²) in [5.41, 5.74) is 1.08. The average Bonchev–Trinajstić information content (AvgIpc) is 2.14. The van der Waals surface area contributed by atoms with Crippen molar-refractivity contribution in [1.29, 1.82) is 5.26 Å². The van der Waals surface area contributed by atoms with E-state index in [1.165, 1.54) is 18.2 Å². The molecule has 1 aromatic rings. The van der Waals surface area contributed by atoms with E-state index in [-0.39, 0.29) is 5.75 Å². The molecular weight excluding hydrogens is 182 g/mol. The van der Waals surface area contributed by atoms with Gasteiger partial charge in [0, 0.05) is 0 Å². The lowest BCUT2D eigenvalue weighted by atomic mass is 10.0. The van der Waals surface area contributed by atoms with Crippen LogP contribution in [0.3, 0.4) is 0 Å². The van der Waals surface area contributed by atoms with Crippen LogP contribution in [0.25, 0.3) is 0 Å². The highest BCUT2D eigenvalue weighted by Crippen LogP contribution is 2.22. The molecule has 4 heteroatoms. The van der Waals surface area contributed by atoms with Gasteiger partial charge in [0.1, 0.15) is 11.9 Å². The summed E-state index contributed by atoms with van der Waals surface area (Å²) in [5, 5.41) is 36.1. The molecule has 74 valence electrons. The molecule has 0 saturated carbocycles. The van der Waals surface area contributed by atoms with Gasteiger partial charge >= 0.3 is 0 Å². The number of nitrogens with zero attached hydrogens (tertiary/aromatic N) is 1. The topological polar surface area (TPSA) is 84.5 Å². The molecule has 14 heavy (non-hydrogen) atoms. The van der Waals surface area contributed by atoms with Gasteiger partial charge in [-0.2, -0.15) is 5.26 Å². The molecule has 2 atom stereocenters. The Morgan fingerprint density at radius 3 is 2.43 bits per heavy atom. The number of rotatable bonds is 2. The van der Waals surface area contributed by atoms with Crippen LogP contribution >= 0.6 is 0 Å². The molecule has 0 aromatic heterocycles. The Hall–Kier alpha value is -1.57. The Morgan fingerprint density at radius 2 is 1.93 bits per heavy atom. The van der Waals surface area contributed by atoms with Gasteiger partial charge in [0.2, 0.25) is 0 Å². The van der Waals surface area contributed by atoms with E-state index in [9.17, 15) is 10.2 Å². The number of aryl methyl sites for hydroxylation is 1. The Labute approximate surface area is 81.7 Å². The fraction of sp³-hybridized carbons (Fsp3) is 0.300. The molecule has 0 fully saturated rings. The van der Waals surface area contributed by atoms with Crippen LogP contribution in [0.1, 0.15) is 17.2 Å². The first-order valence-electron chi connectivity index (χ1n) is 4.11. The highest BCUT2D eigenvalue weighted by atomic mass is 16.3. The lowest BCUT2D eigenvalue weighted by Crippen LogP contribution is -2.15. The number of nitriles is 1. The quantitative estimate of drug-likeness (QED) is 0.601. The molecule has 0 amide bonds. The summed E-state index contributed by atoms with van der Waals surface area (Å²) >= 11 is 0. The molecule has 0 aliphatic heterocycles. The third-order valence-electron chi connectivity index (χ3n) is 1.86. The van der Waals surface area contributed by atoms with E-state index in [1.54, 1.807) is 13.0 Å². The van der Waals surface area contributed by atoms with Gasteiger partial charge in [-0.3, -0.25) is 0 Å². The Bertz CT molecular complexity index is 350. The smallest absolute Gasteiger partial charge is 0.170 e. The molecule has 0 radical (unpaired) electrons. The van der Waals surface area contributed by atoms with Crippen LogP contribution < -0.4 is 0 Å². The normalized spacial score (nSPS) is 14.4. The monoisotopic (exact) mass is 193 g/mol. The standard InChI is InChI=1S/C10H11NO3/c1-6-2-7(4-8(12)3-6)10(14)9(13)5-11/h2-4,9-10,12-14H,1H3. The van der Waals surface area contributed by atoms with Crippen LogP contribution in [-0.2, 0) is 0 Å². The van der Waals surface area contributed by atoms with Crippen LogP contribution in [0, 0.1) is 18.3 Å². The van der Waals surface area contributed by atoms with E-state index < -0.39 is 12.2 Å². The van der Waals surface area contributed by atoms with Crippen molar-refractivity contribution in [1.82, 2.24) is 0 Å². The number of benzene rings is 1. The van der Waals surface area contributed by atoms with Crippen molar-refractivity contribution < 1.29 is 15.3 Å². The van der Waals surface area contributed by atoms with Crippen molar-refractivity contribution in [2.45, 2.75) is 19.1 Å². The second kappa shape index (κ2) is 4.09. The zero-order valence-corrected chi connectivity index (χ0v) is 7.68. The molecule has 0 bridgehead atoms. The third kappa shape index (κ3) is 2.22. The Kier molecular flexibility index (Phi) is 3.07. The van der Waals surface area contributed by atoms with Crippen molar-refractivity contribution in [3.8, 4) is 11.8 Å². The lowest BCUT2D eigenvalue weighted by Gasteiger charge is -2.12. The highest BCUT2D eigenvalue weighted by molar-refractivity contribution is 5.34. The Balaban J connectivity index is 3.02. The lowest BCUT2D eigenvalue weighted by molar-refractivity contribution is 0.0526. The summed E-state index contributed by atoms with van der Waals surface area (Å²) in [5.74, 6) is 0.00388. The molecule has 2 unspecified atom stereocenters. The Morgan fingerprint density at radius 1 is 1.29 bits per heavy atom. The number of phenols is 1. The summed E-state index contributed by atoms with van der Waals surface area (Å²) in [4.78, 5) is 0. The maximum Gasteiger partial charge on any atom is 0.170 e. The van der Waals surface area contributed by atoms with Crippen LogP contribution in [0.5, 0.6) is 5.75 Å². The molecule has 3 N–H and O–H groups in total. The van der Waals surface area contributed by atoms with E-state index in [4.69, 9.17) is 10.4 Å². The number of aromatic hydroxyl groups is 1. The highest BCUT2D eigenvalue weighted by Gasteiger charge is 2.18. The molecule has 0 heterocycles. The van der Waals surface area contributed by atoms with Crippen molar-refractivity contribution in [3.05, 3.63) is 29.3 Å². The molecule has 0 spiro atoms. The van der Waals surface area contributed by atoms with Crippen molar-refractivity contribution >= 4 is 0 Å². The number of hydrogen-bond acceptors (Lipinski definition) is 4. The van der Waals surface area contributed by atoms with Crippen LogP contribution in [0.2, 0.25) is 0 Å². The van der Waals surface area contributed by atoms with Crippen LogP contribution in [0.15, 0.2) is 18.2 Å². The van der Waals surface area contributed by atoms with Gasteiger partial charge in [-0.05, 0) is 30.2 Å². The predicted molar refractivity (Wildman–Crippen MR) is 49.4 cm³/mol. The first-order chi connectivity index (χ1) is 6.54. The molecule has 1 aromatic carbocycles. The largest absolute Gasteiger partial charge is 0.508 e. The van der Waals surface area contributed by atoms with Crippen LogP contribution in [0.4, 0.5) is 0 Å². The predicted octanol–water partition coefficient (Wildman–Crippen LogP) is 0.618. The molecule has 4 nitrogen and oxygen atoms in total. The van der Waals surface area contributed by atoms with Gasteiger partial charge < -0.3 is 15.3 Å². The molecule has 1 rings (SSSR count). The molecular formula is C10H11NO3. The summed E-state index contributed by atoms with van der Waals surface area (Å²) in [6.45, 7) is 1.74. The SMILES string of the molecule is Cc1cc(O)cc(C(O)C(O)C#N)c1. The van der Waals surface area contributed by atoms with E-state index in [0.29, 0.717) is 5.56 Å². The zero-order chi connectivity index (χ0) is 10.7.